The molecule has 0 heterocycles. The van der Waals surface area contributed by atoms with Gasteiger partial charge in [-0.1, -0.05) is 12.1 Å². The maximum Gasteiger partial charge on any atom is 0.223 e. The molecule has 104 valence electrons. The molecule has 3 atom stereocenters. The highest BCUT2D eigenvalue weighted by Crippen LogP contribution is 2.43. The molecule has 0 saturated heterocycles. The van der Waals surface area contributed by atoms with Crippen molar-refractivity contribution in [2.75, 3.05) is 0 Å². The fourth-order valence-electron chi connectivity index (χ4n) is 2.98. The van der Waals surface area contributed by atoms with E-state index in [1.807, 2.05) is 6.92 Å². The van der Waals surface area contributed by atoms with Crippen LogP contribution in [0.1, 0.15) is 52.9 Å². The molecule has 6 nitrogen and oxygen atoms in total. The highest BCUT2D eigenvalue weighted by Gasteiger charge is 2.53. The standard InChI is InChI=1S/C12H22N2O4/c1-4-5-12(14(17)18)7-6-11(3,15)10(8-12)9(2)13-16/h10,15-16H,4-8H2,1-3H3. The molecule has 18 heavy (non-hydrogen) atoms. The first-order valence-electron chi connectivity index (χ1n) is 6.34. The van der Waals surface area contributed by atoms with Gasteiger partial charge in [0.05, 0.1) is 11.3 Å². The minimum Gasteiger partial charge on any atom is -0.411 e. The van der Waals surface area contributed by atoms with Gasteiger partial charge >= 0.3 is 0 Å². The van der Waals surface area contributed by atoms with Crippen molar-refractivity contribution in [3.63, 3.8) is 0 Å². The van der Waals surface area contributed by atoms with Crippen LogP contribution >= 0.6 is 0 Å². The SMILES string of the molecule is CCCC1([N+](=O)[O-])CCC(C)(O)C(C(C)=NO)C1. The number of aliphatic hydroxyl groups is 1. The van der Waals surface area contributed by atoms with Gasteiger partial charge in [0.1, 0.15) is 0 Å². The van der Waals surface area contributed by atoms with E-state index in [1.54, 1.807) is 13.8 Å². The number of oxime groups is 1. The largest absolute Gasteiger partial charge is 0.411 e. The molecule has 1 saturated carbocycles. The Bertz CT molecular complexity index is 354. The normalized spacial score (nSPS) is 37.6. The molecule has 0 radical (unpaired) electrons. The molecule has 1 fully saturated rings. The lowest BCUT2D eigenvalue weighted by Gasteiger charge is -2.42. The van der Waals surface area contributed by atoms with Crippen LogP contribution in [0.4, 0.5) is 0 Å². The first-order chi connectivity index (χ1) is 8.29. The average molecular weight is 258 g/mol. The number of rotatable bonds is 4. The molecule has 0 bridgehead atoms. The molecular weight excluding hydrogens is 236 g/mol. The summed E-state index contributed by atoms with van der Waals surface area (Å²) in [6.07, 6.45) is 2.18. The Morgan fingerprint density at radius 1 is 1.56 bits per heavy atom. The third-order valence-corrected chi connectivity index (χ3v) is 4.20. The summed E-state index contributed by atoms with van der Waals surface area (Å²) < 4.78 is 0. The fraction of sp³-hybridized carbons (Fsp3) is 0.917. The van der Waals surface area contributed by atoms with Crippen molar-refractivity contribution in [1.82, 2.24) is 0 Å². The van der Waals surface area contributed by atoms with Gasteiger partial charge in [0.15, 0.2) is 0 Å². The van der Waals surface area contributed by atoms with E-state index in [0.717, 1.165) is 6.42 Å². The summed E-state index contributed by atoms with van der Waals surface area (Å²) in [5, 5.41) is 33.7. The first kappa shape index (κ1) is 14.9. The van der Waals surface area contributed by atoms with Gasteiger partial charge in [-0.3, -0.25) is 10.1 Å². The maximum atomic E-state index is 11.4. The molecule has 1 aliphatic rings. The number of nitrogens with zero attached hydrogens (tertiary/aromatic N) is 2. The molecule has 0 spiro atoms. The molecule has 0 aromatic rings. The van der Waals surface area contributed by atoms with E-state index in [2.05, 4.69) is 5.16 Å². The zero-order valence-electron chi connectivity index (χ0n) is 11.2. The van der Waals surface area contributed by atoms with Crippen molar-refractivity contribution >= 4 is 5.71 Å². The van der Waals surface area contributed by atoms with Crippen molar-refractivity contribution in [2.45, 2.75) is 64.0 Å². The molecule has 0 amide bonds. The Kier molecular flexibility index (Phi) is 4.32. The molecule has 0 aromatic heterocycles. The van der Waals surface area contributed by atoms with Crippen LogP contribution in [0.25, 0.3) is 0 Å². The zero-order valence-corrected chi connectivity index (χ0v) is 11.2. The lowest BCUT2D eigenvalue weighted by Crippen LogP contribution is -2.53. The summed E-state index contributed by atoms with van der Waals surface area (Å²) in [6.45, 7) is 5.17. The Morgan fingerprint density at radius 2 is 2.17 bits per heavy atom. The second-order valence-corrected chi connectivity index (χ2v) is 5.59. The van der Waals surface area contributed by atoms with Crippen molar-refractivity contribution < 1.29 is 15.2 Å². The minimum absolute atomic E-state index is 0.219. The lowest BCUT2D eigenvalue weighted by atomic mass is 9.65. The second-order valence-electron chi connectivity index (χ2n) is 5.59. The van der Waals surface area contributed by atoms with Gasteiger partial charge in [-0.05, 0) is 26.7 Å². The van der Waals surface area contributed by atoms with Crippen LogP contribution in [0.5, 0.6) is 0 Å². The van der Waals surface area contributed by atoms with E-state index in [9.17, 15) is 15.2 Å². The predicted molar refractivity (Wildman–Crippen MR) is 67.5 cm³/mol. The topological polar surface area (TPSA) is 96.0 Å². The summed E-state index contributed by atoms with van der Waals surface area (Å²) in [5.74, 6) is -0.465. The molecule has 0 aromatic carbocycles. The Labute approximate surface area is 107 Å². The summed E-state index contributed by atoms with van der Waals surface area (Å²) in [7, 11) is 0. The Morgan fingerprint density at radius 3 is 2.61 bits per heavy atom. The smallest absolute Gasteiger partial charge is 0.223 e. The van der Waals surface area contributed by atoms with Gasteiger partial charge < -0.3 is 10.3 Å². The highest BCUT2D eigenvalue weighted by atomic mass is 16.6. The van der Waals surface area contributed by atoms with Crippen molar-refractivity contribution in [3.05, 3.63) is 10.1 Å². The number of hydrogen-bond acceptors (Lipinski definition) is 5. The Balaban J connectivity index is 3.05. The van der Waals surface area contributed by atoms with E-state index in [-0.39, 0.29) is 11.3 Å². The maximum absolute atomic E-state index is 11.4. The van der Waals surface area contributed by atoms with E-state index in [4.69, 9.17) is 5.21 Å². The van der Waals surface area contributed by atoms with Crippen molar-refractivity contribution in [2.24, 2.45) is 11.1 Å². The molecule has 0 aliphatic heterocycles. The van der Waals surface area contributed by atoms with Crippen LogP contribution in [0.15, 0.2) is 5.16 Å². The quantitative estimate of drug-likeness (QED) is 0.349. The van der Waals surface area contributed by atoms with Crippen LogP contribution in [-0.4, -0.2) is 32.1 Å². The van der Waals surface area contributed by atoms with Crippen LogP contribution < -0.4 is 0 Å². The molecule has 1 aliphatic carbocycles. The lowest BCUT2D eigenvalue weighted by molar-refractivity contribution is -0.579. The first-order valence-corrected chi connectivity index (χ1v) is 6.34. The van der Waals surface area contributed by atoms with Crippen LogP contribution in [-0.2, 0) is 0 Å². The van der Waals surface area contributed by atoms with Gasteiger partial charge in [0.25, 0.3) is 0 Å². The Hall–Kier alpha value is -1.17. The van der Waals surface area contributed by atoms with E-state index in [0.29, 0.717) is 25.0 Å². The average Bonchev–Trinajstić information content (AvgIpc) is 2.30. The molecule has 6 heteroatoms. The van der Waals surface area contributed by atoms with Crippen LogP contribution in [0, 0.1) is 16.0 Å². The fourth-order valence-corrected chi connectivity index (χ4v) is 2.98. The van der Waals surface area contributed by atoms with Gasteiger partial charge in [0.2, 0.25) is 5.54 Å². The van der Waals surface area contributed by atoms with Gasteiger partial charge in [-0.15, -0.1) is 0 Å². The molecule has 2 N–H and O–H groups in total. The molecule has 1 rings (SSSR count). The van der Waals surface area contributed by atoms with Crippen LogP contribution in [0.2, 0.25) is 0 Å². The van der Waals surface area contributed by atoms with Gasteiger partial charge in [-0.25, -0.2) is 0 Å². The van der Waals surface area contributed by atoms with E-state index in [1.165, 1.54) is 0 Å². The third kappa shape index (κ3) is 2.63. The van der Waals surface area contributed by atoms with Gasteiger partial charge in [-0.2, -0.15) is 0 Å². The monoisotopic (exact) mass is 258 g/mol. The zero-order chi connectivity index (χ0) is 14.0. The van der Waals surface area contributed by atoms with Crippen molar-refractivity contribution in [1.29, 1.82) is 0 Å². The van der Waals surface area contributed by atoms with Crippen LogP contribution in [0.3, 0.4) is 0 Å². The summed E-state index contributed by atoms with van der Waals surface area (Å²) >= 11 is 0. The highest BCUT2D eigenvalue weighted by molar-refractivity contribution is 5.85. The van der Waals surface area contributed by atoms with E-state index >= 15 is 0 Å². The summed E-state index contributed by atoms with van der Waals surface area (Å²) in [6, 6.07) is 0. The number of hydrogen-bond donors (Lipinski definition) is 2. The molecular formula is C12H22N2O4. The third-order valence-electron chi connectivity index (χ3n) is 4.20. The second kappa shape index (κ2) is 5.22. The summed E-state index contributed by atoms with van der Waals surface area (Å²) in [4.78, 5) is 11.1. The minimum atomic E-state index is -1.04. The number of nitro groups is 1. The predicted octanol–water partition coefficient (Wildman–Crippen LogP) is 2.20. The summed E-state index contributed by atoms with van der Waals surface area (Å²) in [5.41, 5.74) is -1.67. The van der Waals surface area contributed by atoms with E-state index < -0.39 is 17.1 Å². The van der Waals surface area contributed by atoms with Gasteiger partial charge in [0, 0.05) is 30.1 Å². The molecule has 3 unspecified atom stereocenters. The van der Waals surface area contributed by atoms with Crippen molar-refractivity contribution in [3.8, 4) is 0 Å².